The van der Waals surface area contributed by atoms with Gasteiger partial charge in [0, 0.05) is 5.56 Å². The standard InChI is InChI=1S/C18H23N5O3/c1-24-13-4-2-3-12(7-13)18-20-21-22-23(18)15-10-26-16-14(9-25-17(15)16)19-8-11-5-6-11/h2-4,7,11,14-17,19H,5-6,8-10H2,1H3/t14-,15-,16+,17+/m0/s1. The van der Waals surface area contributed by atoms with Gasteiger partial charge in [-0.2, -0.15) is 0 Å². The first-order valence-corrected chi connectivity index (χ1v) is 9.22. The number of ether oxygens (including phenoxy) is 3. The monoisotopic (exact) mass is 357 g/mol. The number of fused-ring (bicyclic) bond motifs is 1. The number of aromatic nitrogens is 4. The lowest BCUT2D eigenvalue weighted by Gasteiger charge is -2.18. The van der Waals surface area contributed by atoms with Crippen molar-refractivity contribution in [3.8, 4) is 17.1 Å². The maximum Gasteiger partial charge on any atom is 0.182 e. The van der Waals surface area contributed by atoms with E-state index in [1.807, 2.05) is 28.9 Å². The van der Waals surface area contributed by atoms with E-state index < -0.39 is 0 Å². The number of methoxy groups -OCH3 is 1. The molecule has 4 atom stereocenters. The van der Waals surface area contributed by atoms with E-state index in [1.165, 1.54) is 12.8 Å². The summed E-state index contributed by atoms with van der Waals surface area (Å²) in [5.74, 6) is 2.32. The zero-order chi connectivity index (χ0) is 17.5. The van der Waals surface area contributed by atoms with Crippen LogP contribution in [0.1, 0.15) is 18.9 Å². The molecule has 138 valence electrons. The molecule has 8 nitrogen and oxygen atoms in total. The Hall–Kier alpha value is -2.03. The van der Waals surface area contributed by atoms with Crippen LogP contribution < -0.4 is 10.1 Å². The molecule has 0 amide bonds. The number of benzene rings is 1. The minimum absolute atomic E-state index is 0.0241. The van der Waals surface area contributed by atoms with Gasteiger partial charge in [0.15, 0.2) is 5.82 Å². The molecule has 1 N–H and O–H groups in total. The summed E-state index contributed by atoms with van der Waals surface area (Å²) in [5, 5.41) is 16.0. The van der Waals surface area contributed by atoms with Crippen LogP contribution in [-0.4, -0.2) is 65.3 Å². The van der Waals surface area contributed by atoms with Crippen LogP contribution >= 0.6 is 0 Å². The second kappa shape index (κ2) is 6.61. The largest absolute Gasteiger partial charge is 0.497 e. The van der Waals surface area contributed by atoms with Crippen molar-refractivity contribution in [1.82, 2.24) is 25.5 Å². The SMILES string of the molecule is COc1cccc(-c2nnnn2[C@H]2CO[C@H]3[C@@H]2OC[C@@H]3NCC2CC2)c1. The molecule has 2 aromatic rings. The molecule has 5 rings (SSSR count). The summed E-state index contributed by atoms with van der Waals surface area (Å²) in [6.45, 7) is 2.29. The molecule has 3 aliphatic rings. The van der Waals surface area contributed by atoms with Crippen molar-refractivity contribution in [2.45, 2.75) is 37.1 Å². The molecular weight excluding hydrogens is 334 g/mol. The second-order valence-corrected chi connectivity index (χ2v) is 7.30. The van der Waals surface area contributed by atoms with Crippen molar-refractivity contribution in [3.05, 3.63) is 24.3 Å². The molecule has 0 bridgehead atoms. The van der Waals surface area contributed by atoms with Gasteiger partial charge in [-0.15, -0.1) is 5.10 Å². The van der Waals surface area contributed by atoms with Crippen LogP contribution in [0.25, 0.3) is 11.4 Å². The van der Waals surface area contributed by atoms with Gasteiger partial charge in [-0.05, 0) is 47.9 Å². The molecule has 8 heteroatoms. The van der Waals surface area contributed by atoms with Crippen LogP contribution in [0.3, 0.4) is 0 Å². The summed E-state index contributed by atoms with van der Waals surface area (Å²) in [6, 6.07) is 7.98. The Morgan fingerprint density at radius 2 is 2.12 bits per heavy atom. The quantitative estimate of drug-likeness (QED) is 0.827. The highest BCUT2D eigenvalue weighted by Crippen LogP contribution is 2.36. The molecule has 1 aliphatic carbocycles. The highest BCUT2D eigenvalue weighted by atomic mass is 16.6. The number of rotatable bonds is 6. The number of nitrogens with zero attached hydrogens (tertiary/aromatic N) is 4. The van der Waals surface area contributed by atoms with Gasteiger partial charge in [0.25, 0.3) is 0 Å². The Morgan fingerprint density at radius 3 is 2.96 bits per heavy atom. The van der Waals surface area contributed by atoms with E-state index in [1.54, 1.807) is 7.11 Å². The molecule has 1 aromatic carbocycles. The topological polar surface area (TPSA) is 83.3 Å². The summed E-state index contributed by atoms with van der Waals surface area (Å²) in [6.07, 6.45) is 2.71. The van der Waals surface area contributed by atoms with Gasteiger partial charge < -0.3 is 19.5 Å². The lowest BCUT2D eigenvalue weighted by atomic mass is 10.1. The maximum absolute atomic E-state index is 6.09. The molecule has 1 saturated carbocycles. The van der Waals surface area contributed by atoms with Crippen LogP contribution in [0, 0.1) is 5.92 Å². The molecule has 1 aromatic heterocycles. The predicted molar refractivity (Wildman–Crippen MR) is 92.8 cm³/mol. The normalized spacial score (nSPS) is 30.5. The highest BCUT2D eigenvalue weighted by molar-refractivity contribution is 5.57. The van der Waals surface area contributed by atoms with E-state index in [0.29, 0.717) is 19.0 Å². The molecule has 3 heterocycles. The van der Waals surface area contributed by atoms with Crippen LogP contribution in [0.15, 0.2) is 24.3 Å². The van der Waals surface area contributed by atoms with E-state index in [2.05, 4.69) is 20.8 Å². The summed E-state index contributed by atoms with van der Waals surface area (Å²) in [7, 11) is 1.65. The third-order valence-corrected chi connectivity index (χ3v) is 5.53. The average molecular weight is 357 g/mol. The number of nitrogens with one attached hydrogen (secondary N) is 1. The van der Waals surface area contributed by atoms with Gasteiger partial charge in [0.05, 0.1) is 26.4 Å². The van der Waals surface area contributed by atoms with Crippen molar-refractivity contribution < 1.29 is 14.2 Å². The predicted octanol–water partition coefficient (Wildman–Crippen LogP) is 1.06. The third kappa shape index (κ3) is 2.87. The molecule has 0 radical (unpaired) electrons. The highest BCUT2D eigenvalue weighted by Gasteiger charge is 2.49. The van der Waals surface area contributed by atoms with Crippen molar-refractivity contribution >= 4 is 0 Å². The summed E-state index contributed by atoms with van der Waals surface area (Å²) < 4.78 is 19.3. The minimum atomic E-state index is -0.0282. The fourth-order valence-corrected chi connectivity index (χ4v) is 3.87. The van der Waals surface area contributed by atoms with Crippen molar-refractivity contribution in [1.29, 1.82) is 0 Å². The molecular formula is C18H23N5O3. The lowest BCUT2D eigenvalue weighted by molar-refractivity contribution is 0.0621. The van der Waals surface area contributed by atoms with Gasteiger partial charge in [0.1, 0.15) is 24.0 Å². The Labute approximate surface area is 151 Å². The number of tetrazole rings is 1. The van der Waals surface area contributed by atoms with Crippen molar-refractivity contribution in [2.75, 3.05) is 26.9 Å². The van der Waals surface area contributed by atoms with Gasteiger partial charge >= 0.3 is 0 Å². The Bertz CT molecular complexity index is 778. The van der Waals surface area contributed by atoms with Crippen LogP contribution in [0.4, 0.5) is 0 Å². The Morgan fingerprint density at radius 1 is 1.23 bits per heavy atom. The zero-order valence-electron chi connectivity index (χ0n) is 14.7. The summed E-state index contributed by atoms with van der Waals surface area (Å²) in [4.78, 5) is 0. The van der Waals surface area contributed by atoms with E-state index in [9.17, 15) is 0 Å². The third-order valence-electron chi connectivity index (χ3n) is 5.53. The first kappa shape index (κ1) is 16.2. The number of hydrogen-bond donors (Lipinski definition) is 1. The van der Waals surface area contributed by atoms with E-state index in [0.717, 1.165) is 23.8 Å². The average Bonchev–Trinajstić information content (AvgIpc) is 3.08. The van der Waals surface area contributed by atoms with Gasteiger partial charge in [0.2, 0.25) is 0 Å². The summed E-state index contributed by atoms with van der Waals surface area (Å²) in [5.41, 5.74) is 0.916. The van der Waals surface area contributed by atoms with E-state index in [-0.39, 0.29) is 24.3 Å². The number of hydrogen-bond acceptors (Lipinski definition) is 7. The molecule has 2 saturated heterocycles. The molecule has 0 spiro atoms. The molecule has 26 heavy (non-hydrogen) atoms. The van der Waals surface area contributed by atoms with Crippen LogP contribution in [0.2, 0.25) is 0 Å². The Kier molecular flexibility index (Phi) is 4.11. The molecule has 0 unspecified atom stereocenters. The smallest absolute Gasteiger partial charge is 0.182 e. The van der Waals surface area contributed by atoms with Gasteiger partial charge in [-0.25, -0.2) is 4.68 Å². The summed E-state index contributed by atoms with van der Waals surface area (Å²) >= 11 is 0. The van der Waals surface area contributed by atoms with Crippen LogP contribution in [-0.2, 0) is 9.47 Å². The first-order chi connectivity index (χ1) is 12.8. The zero-order valence-corrected chi connectivity index (χ0v) is 14.7. The molecule has 2 aliphatic heterocycles. The van der Waals surface area contributed by atoms with Gasteiger partial charge in [-0.3, -0.25) is 0 Å². The minimum Gasteiger partial charge on any atom is -0.497 e. The van der Waals surface area contributed by atoms with Gasteiger partial charge in [-0.1, -0.05) is 12.1 Å². The lowest BCUT2D eigenvalue weighted by Crippen LogP contribution is -2.41. The van der Waals surface area contributed by atoms with Crippen LogP contribution in [0.5, 0.6) is 5.75 Å². The maximum atomic E-state index is 6.09. The van der Waals surface area contributed by atoms with E-state index >= 15 is 0 Å². The fourth-order valence-electron chi connectivity index (χ4n) is 3.87. The van der Waals surface area contributed by atoms with E-state index in [4.69, 9.17) is 14.2 Å². The Balaban J connectivity index is 1.35. The second-order valence-electron chi connectivity index (χ2n) is 7.30. The molecule has 3 fully saturated rings. The first-order valence-electron chi connectivity index (χ1n) is 9.22. The van der Waals surface area contributed by atoms with Crippen molar-refractivity contribution in [2.24, 2.45) is 5.92 Å². The fraction of sp³-hybridized carbons (Fsp3) is 0.611. The van der Waals surface area contributed by atoms with Crippen molar-refractivity contribution in [3.63, 3.8) is 0 Å².